The van der Waals surface area contributed by atoms with Crippen molar-refractivity contribution in [2.75, 3.05) is 0 Å². The first-order valence-corrected chi connectivity index (χ1v) is 6.17. The third-order valence-corrected chi connectivity index (χ3v) is 2.77. The molecule has 0 fully saturated rings. The van der Waals surface area contributed by atoms with E-state index < -0.39 is 11.6 Å². The lowest BCUT2D eigenvalue weighted by molar-refractivity contribution is 0.429. The molecule has 1 aromatic carbocycles. The quantitative estimate of drug-likeness (QED) is 0.818. The minimum Gasteiger partial charge on any atom is -0.308 e. The first-order valence-electron chi connectivity index (χ1n) is 6.17. The van der Waals surface area contributed by atoms with Crippen molar-refractivity contribution in [3.8, 4) is 0 Å². The van der Waals surface area contributed by atoms with Gasteiger partial charge in [-0.3, -0.25) is 0 Å². The SMILES string of the molecule is CCCC(NC(C)C)c1cc(C)c(F)cc1F. The second-order valence-electron chi connectivity index (χ2n) is 4.79. The molecule has 3 heteroatoms. The summed E-state index contributed by atoms with van der Waals surface area (Å²) in [5, 5.41) is 3.32. The number of halogens is 2. The van der Waals surface area contributed by atoms with Crippen molar-refractivity contribution in [2.24, 2.45) is 0 Å². The van der Waals surface area contributed by atoms with Crippen molar-refractivity contribution in [2.45, 2.75) is 52.6 Å². The Morgan fingerprint density at radius 2 is 1.82 bits per heavy atom. The number of hydrogen-bond donors (Lipinski definition) is 1. The first-order chi connectivity index (χ1) is 7.95. The standard InChI is InChI=1S/C14H21F2N/c1-5-6-14(17-9(2)3)11-7-10(4)12(15)8-13(11)16/h7-9,14,17H,5-6H2,1-4H3. The number of rotatable bonds is 5. The minimum atomic E-state index is -0.481. The van der Waals surface area contributed by atoms with E-state index in [1.807, 2.05) is 13.8 Å². The van der Waals surface area contributed by atoms with Crippen LogP contribution in [-0.4, -0.2) is 6.04 Å². The molecule has 0 amide bonds. The van der Waals surface area contributed by atoms with E-state index in [-0.39, 0.29) is 12.1 Å². The van der Waals surface area contributed by atoms with E-state index in [9.17, 15) is 8.78 Å². The van der Waals surface area contributed by atoms with Gasteiger partial charge in [-0.1, -0.05) is 27.2 Å². The zero-order chi connectivity index (χ0) is 13.0. The fourth-order valence-electron chi connectivity index (χ4n) is 1.97. The van der Waals surface area contributed by atoms with Crippen molar-refractivity contribution in [1.29, 1.82) is 0 Å². The Hall–Kier alpha value is -0.960. The molecule has 17 heavy (non-hydrogen) atoms. The molecule has 1 rings (SSSR count). The second-order valence-corrected chi connectivity index (χ2v) is 4.79. The fraction of sp³-hybridized carbons (Fsp3) is 0.571. The number of hydrogen-bond acceptors (Lipinski definition) is 1. The second kappa shape index (κ2) is 6.10. The summed E-state index contributed by atoms with van der Waals surface area (Å²) in [4.78, 5) is 0. The molecule has 0 aliphatic carbocycles. The lowest BCUT2D eigenvalue weighted by Crippen LogP contribution is -2.28. The molecule has 0 heterocycles. The van der Waals surface area contributed by atoms with Gasteiger partial charge in [0, 0.05) is 23.7 Å². The van der Waals surface area contributed by atoms with Crippen LogP contribution in [0.25, 0.3) is 0 Å². The Morgan fingerprint density at radius 1 is 1.18 bits per heavy atom. The molecule has 0 saturated carbocycles. The van der Waals surface area contributed by atoms with Crippen LogP contribution in [-0.2, 0) is 0 Å². The van der Waals surface area contributed by atoms with Crippen molar-refractivity contribution in [3.05, 3.63) is 34.9 Å². The van der Waals surface area contributed by atoms with Gasteiger partial charge in [-0.2, -0.15) is 0 Å². The van der Waals surface area contributed by atoms with Gasteiger partial charge >= 0.3 is 0 Å². The van der Waals surface area contributed by atoms with Crippen LogP contribution in [0.15, 0.2) is 12.1 Å². The summed E-state index contributed by atoms with van der Waals surface area (Å²) in [6.45, 7) is 7.77. The van der Waals surface area contributed by atoms with Crippen LogP contribution in [0.2, 0.25) is 0 Å². The minimum absolute atomic E-state index is 0.0423. The van der Waals surface area contributed by atoms with Crippen LogP contribution in [0.5, 0.6) is 0 Å². The summed E-state index contributed by atoms with van der Waals surface area (Å²) in [5.41, 5.74) is 1.06. The number of aryl methyl sites for hydroxylation is 1. The van der Waals surface area contributed by atoms with Crippen LogP contribution in [0.4, 0.5) is 8.78 Å². The van der Waals surface area contributed by atoms with Gasteiger partial charge in [-0.05, 0) is 25.0 Å². The monoisotopic (exact) mass is 241 g/mol. The Bertz CT molecular complexity index is 375. The van der Waals surface area contributed by atoms with Crippen LogP contribution >= 0.6 is 0 Å². The Balaban J connectivity index is 3.04. The van der Waals surface area contributed by atoms with Crippen LogP contribution in [0, 0.1) is 18.6 Å². The highest BCUT2D eigenvalue weighted by Gasteiger charge is 2.17. The van der Waals surface area contributed by atoms with Crippen molar-refractivity contribution in [1.82, 2.24) is 5.32 Å². The van der Waals surface area contributed by atoms with E-state index in [1.54, 1.807) is 13.0 Å². The fourth-order valence-corrected chi connectivity index (χ4v) is 1.97. The maximum absolute atomic E-state index is 13.8. The molecule has 0 aliphatic rings. The third kappa shape index (κ3) is 3.77. The van der Waals surface area contributed by atoms with Gasteiger partial charge < -0.3 is 5.32 Å². The van der Waals surface area contributed by atoms with Gasteiger partial charge in [0.15, 0.2) is 0 Å². The maximum Gasteiger partial charge on any atom is 0.130 e. The molecule has 0 aromatic heterocycles. The maximum atomic E-state index is 13.8. The Kier molecular flexibility index (Phi) is 5.06. The third-order valence-electron chi connectivity index (χ3n) is 2.77. The lowest BCUT2D eigenvalue weighted by atomic mass is 9.99. The lowest BCUT2D eigenvalue weighted by Gasteiger charge is -2.22. The average molecular weight is 241 g/mol. The van der Waals surface area contributed by atoms with Gasteiger partial charge in [0.25, 0.3) is 0 Å². The summed E-state index contributed by atoms with van der Waals surface area (Å²) >= 11 is 0. The molecule has 0 aliphatic heterocycles. The van der Waals surface area contributed by atoms with E-state index >= 15 is 0 Å². The van der Waals surface area contributed by atoms with Crippen LogP contribution in [0.1, 0.15) is 50.8 Å². The molecule has 0 bridgehead atoms. The molecule has 1 aromatic rings. The van der Waals surface area contributed by atoms with E-state index in [0.29, 0.717) is 11.1 Å². The highest BCUT2D eigenvalue weighted by Crippen LogP contribution is 2.24. The largest absolute Gasteiger partial charge is 0.308 e. The van der Waals surface area contributed by atoms with E-state index in [1.165, 1.54) is 0 Å². The predicted molar refractivity (Wildman–Crippen MR) is 67.0 cm³/mol. The highest BCUT2D eigenvalue weighted by atomic mass is 19.1. The molecule has 0 radical (unpaired) electrons. The van der Waals surface area contributed by atoms with Gasteiger partial charge in [0.2, 0.25) is 0 Å². The van der Waals surface area contributed by atoms with E-state index in [0.717, 1.165) is 18.9 Å². The average Bonchev–Trinajstić information content (AvgIpc) is 2.22. The Labute approximate surface area is 102 Å². The number of nitrogens with one attached hydrogen (secondary N) is 1. The molecule has 0 spiro atoms. The molecular formula is C14H21F2N. The molecular weight excluding hydrogens is 220 g/mol. The van der Waals surface area contributed by atoms with Gasteiger partial charge in [-0.15, -0.1) is 0 Å². The molecule has 1 atom stereocenters. The summed E-state index contributed by atoms with van der Waals surface area (Å²) in [5.74, 6) is -0.939. The molecule has 1 nitrogen and oxygen atoms in total. The summed E-state index contributed by atoms with van der Waals surface area (Å²) < 4.78 is 27.0. The predicted octanol–water partition coefficient (Wildman–Crippen LogP) is 4.11. The smallest absolute Gasteiger partial charge is 0.130 e. The van der Waals surface area contributed by atoms with E-state index in [2.05, 4.69) is 12.2 Å². The summed E-state index contributed by atoms with van der Waals surface area (Å²) in [6, 6.07) is 2.83. The molecule has 1 N–H and O–H groups in total. The normalized spacial score (nSPS) is 13.1. The van der Waals surface area contributed by atoms with E-state index in [4.69, 9.17) is 0 Å². The first kappa shape index (κ1) is 14.1. The van der Waals surface area contributed by atoms with Crippen molar-refractivity contribution >= 4 is 0 Å². The van der Waals surface area contributed by atoms with Gasteiger partial charge in [0.1, 0.15) is 11.6 Å². The Morgan fingerprint density at radius 3 is 2.35 bits per heavy atom. The molecule has 0 saturated heterocycles. The van der Waals surface area contributed by atoms with Crippen molar-refractivity contribution in [3.63, 3.8) is 0 Å². The summed E-state index contributed by atoms with van der Waals surface area (Å²) in [7, 11) is 0. The van der Waals surface area contributed by atoms with Crippen LogP contribution in [0.3, 0.4) is 0 Å². The zero-order valence-corrected chi connectivity index (χ0v) is 11.0. The van der Waals surface area contributed by atoms with Gasteiger partial charge in [0.05, 0.1) is 0 Å². The topological polar surface area (TPSA) is 12.0 Å². The van der Waals surface area contributed by atoms with Gasteiger partial charge in [-0.25, -0.2) is 8.78 Å². The summed E-state index contributed by atoms with van der Waals surface area (Å²) in [6.07, 6.45) is 1.81. The number of benzene rings is 1. The highest BCUT2D eigenvalue weighted by molar-refractivity contribution is 5.28. The van der Waals surface area contributed by atoms with Crippen molar-refractivity contribution < 1.29 is 8.78 Å². The molecule has 96 valence electrons. The molecule has 1 unspecified atom stereocenters. The van der Waals surface area contributed by atoms with Crippen LogP contribution < -0.4 is 5.32 Å². The zero-order valence-electron chi connectivity index (χ0n) is 11.0.